The molecule has 1 N–H and O–H groups in total. The van der Waals surface area contributed by atoms with Gasteiger partial charge in [-0.2, -0.15) is 0 Å². The number of methoxy groups -OCH3 is 1. The molecule has 0 amide bonds. The van der Waals surface area contributed by atoms with E-state index < -0.39 is 5.60 Å². The fourth-order valence-corrected chi connectivity index (χ4v) is 1.84. The van der Waals surface area contributed by atoms with Crippen molar-refractivity contribution >= 4 is 15.9 Å². The molecule has 0 aliphatic rings. The molecule has 14 heavy (non-hydrogen) atoms. The number of hydrogen-bond donors (Lipinski definition) is 1. The minimum Gasteiger partial charge on any atom is -0.386 e. The van der Waals surface area contributed by atoms with E-state index >= 15 is 0 Å². The molecule has 0 atom stereocenters. The van der Waals surface area contributed by atoms with E-state index in [9.17, 15) is 5.11 Å². The number of rotatable bonds is 3. The van der Waals surface area contributed by atoms with E-state index in [1.165, 1.54) is 0 Å². The van der Waals surface area contributed by atoms with Crippen LogP contribution >= 0.6 is 15.9 Å². The molecule has 78 valence electrons. The Labute approximate surface area is 93.0 Å². The maximum absolute atomic E-state index is 9.92. The Morgan fingerprint density at radius 2 is 2.07 bits per heavy atom. The molecule has 0 aliphatic carbocycles. The Morgan fingerprint density at radius 1 is 1.43 bits per heavy atom. The minimum absolute atomic E-state index is 0.513. The standard InChI is InChI=1S/C11H15BrO2/c1-11(2,13)10-5-4-9(12)6-8(10)7-14-3/h4-6,13H,7H2,1-3H3. The summed E-state index contributed by atoms with van der Waals surface area (Å²) in [5.74, 6) is 0. The molecule has 0 saturated heterocycles. The van der Waals surface area contributed by atoms with Crippen molar-refractivity contribution in [1.82, 2.24) is 0 Å². The Hall–Kier alpha value is -0.380. The van der Waals surface area contributed by atoms with Crippen molar-refractivity contribution in [3.63, 3.8) is 0 Å². The first-order chi connectivity index (χ1) is 6.45. The number of halogens is 1. The zero-order chi connectivity index (χ0) is 10.8. The highest BCUT2D eigenvalue weighted by molar-refractivity contribution is 9.10. The number of aliphatic hydroxyl groups is 1. The summed E-state index contributed by atoms with van der Waals surface area (Å²) in [4.78, 5) is 0. The fourth-order valence-electron chi connectivity index (χ4n) is 1.43. The quantitative estimate of drug-likeness (QED) is 0.904. The average Bonchev–Trinajstić information content (AvgIpc) is 2.02. The molecule has 0 aromatic heterocycles. The van der Waals surface area contributed by atoms with Gasteiger partial charge in [0.05, 0.1) is 12.2 Å². The molecule has 2 nitrogen and oxygen atoms in total. The highest BCUT2D eigenvalue weighted by atomic mass is 79.9. The SMILES string of the molecule is COCc1cc(Br)ccc1C(C)(C)O. The third-order valence-electron chi connectivity index (χ3n) is 2.03. The Balaban J connectivity index is 3.15. The van der Waals surface area contributed by atoms with Gasteiger partial charge in [-0.3, -0.25) is 0 Å². The van der Waals surface area contributed by atoms with Crippen molar-refractivity contribution in [2.45, 2.75) is 26.1 Å². The fraction of sp³-hybridized carbons (Fsp3) is 0.455. The van der Waals surface area contributed by atoms with Crippen LogP contribution in [0.1, 0.15) is 25.0 Å². The molecule has 0 bridgehead atoms. The first kappa shape index (κ1) is 11.7. The molecule has 0 fully saturated rings. The number of benzene rings is 1. The second-order valence-corrected chi connectivity index (χ2v) is 4.71. The van der Waals surface area contributed by atoms with Crippen LogP contribution in [0.5, 0.6) is 0 Å². The van der Waals surface area contributed by atoms with Gasteiger partial charge in [0.2, 0.25) is 0 Å². The summed E-state index contributed by atoms with van der Waals surface area (Å²) >= 11 is 3.40. The first-order valence-corrected chi connectivity index (χ1v) is 5.24. The van der Waals surface area contributed by atoms with E-state index in [0.717, 1.165) is 15.6 Å². The lowest BCUT2D eigenvalue weighted by Gasteiger charge is -2.21. The van der Waals surface area contributed by atoms with Crippen LogP contribution < -0.4 is 0 Å². The maximum atomic E-state index is 9.92. The summed E-state index contributed by atoms with van der Waals surface area (Å²) in [6.45, 7) is 4.06. The van der Waals surface area contributed by atoms with Gasteiger partial charge in [-0.1, -0.05) is 22.0 Å². The van der Waals surface area contributed by atoms with Crippen LogP contribution in [0.2, 0.25) is 0 Å². The lowest BCUT2D eigenvalue weighted by atomic mass is 9.94. The molecule has 1 aromatic rings. The van der Waals surface area contributed by atoms with Gasteiger partial charge in [-0.25, -0.2) is 0 Å². The van der Waals surface area contributed by atoms with Crippen molar-refractivity contribution in [3.8, 4) is 0 Å². The normalized spacial score (nSPS) is 11.8. The predicted molar refractivity (Wildman–Crippen MR) is 60.1 cm³/mol. The third-order valence-corrected chi connectivity index (χ3v) is 2.52. The highest BCUT2D eigenvalue weighted by Gasteiger charge is 2.19. The Morgan fingerprint density at radius 3 is 2.57 bits per heavy atom. The summed E-state index contributed by atoms with van der Waals surface area (Å²) < 4.78 is 6.08. The van der Waals surface area contributed by atoms with Crippen LogP contribution in [0.25, 0.3) is 0 Å². The van der Waals surface area contributed by atoms with Gasteiger partial charge in [-0.15, -0.1) is 0 Å². The molecular weight excluding hydrogens is 244 g/mol. The van der Waals surface area contributed by atoms with Crippen LogP contribution in [0.4, 0.5) is 0 Å². The molecule has 0 heterocycles. The van der Waals surface area contributed by atoms with Gasteiger partial charge in [0.1, 0.15) is 0 Å². The largest absolute Gasteiger partial charge is 0.386 e. The molecule has 1 rings (SSSR count). The summed E-state index contributed by atoms with van der Waals surface area (Å²) in [5, 5.41) is 9.92. The molecule has 1 aromatic carbocycles. The zero-order valence-corrected chi connectivity index (χ0v) is 10.3. The van der Waals surface area contributed by atoms with E-state index in [0.29, 0.717) is 6.61 Å². The monoisotopic (exact) mass is 258 g/mol. The second-order valence-electron chi connectivity index (χ2n) is 3.79. The Bertz CT molecular complexity index is 316. The van der Waals surface area contributed by atoms with Crippen molar-refractivity contribution in [3.05, 3.63) is 33.8 Å². The topological polar surface area (TPSA) is 29.5 Å². The van der Waals surface area contributed by atoms with E-state index in [1.54, 1.807) is 21.0 Å². The molecule has 0 unspecified atom stereocenters. The van der Waals surface area contributed by atoms with Crippen molar-refractivity contribution in [1.29, 1.82) is 0 Å². The molecule has 0 aliphatic heterocycles. The molecule has 3 heteroatoms. The number of ether oxygens (including phenoxy) is 1. The van der Waals surface area contributed by atoms with Crippen LogP contribution in [0.15, 0.2) is 22.7 Å². The van der Waals surface area contributed by atoms with Gasteiger partial charge >= 0.3 is 0 Å². The van der Waals surface area contributed by atoms with Gasteiger partial charge in [0.15, 0.2) is 0 Å². The lowest BCUT2D eigenvalue weighted by Crippen LogP contribution is -2.18. The van der Waals surface area contributed by atoms with Crippen LogP contribution in [0, 0.1) is 0 Å². The first-order valence-electron chi connectivity index (χ1n) is 4.45. The van der Waals surface area contributed by atoms with Crippen molar-refractivity contribution in [2.75, 3.05) is 7.11 Å². The summed E-state index contributed by atoms with van der Waals surface area (Å²) in [7, 11) is 1.65. The van der Waals surface area contributed by atoms with E-state index in [-0.39, 0.29) is 0 Å². The summed E-state index contributed by atoms with van der Waals surface area (Å²) in [6.07, 6.45) is 0. The van der Waals surface area contributed by atoms with E-state index in [2.05, 4.69) is 15.9 Å². The highest BCUT2D eigenvalue weighted by Crippen LogP contribution is 2.26. The average molecular weight is 259 g/mol. The van der Waals surface area contributed by atoms with Gasteiger partial charge in [0.25, 0.3) is 0 Å². The molecular formula is C11H15BrO2. The third kappa shape index (κ3) is 2.80. The van der Waals surface area contributed by atoms with Gasteiger partial charge < -0.3 is 9.84 Å². The molecule has 0 spiro atoms. The second kappa shape index (κ2) is 4.43. The van der Waals surface area contributed by atoms with E-state index in [1.807, 2.05) is 18.2 Å². The summed E-state index contributed by atoms with van der Waals surface area (Å²) in [5.41, 5.74) is 1.09. The van der Waals surface area contributed by atoms with Crippen molar-refractivity contribution < 1.29 is 9.84 Å². The Kier molecular flexibility index (Phi) is 3.70. The minimum atomic E-state index is -0.825. The van der Waals surface area contributed by atoms with Crippen LogP contribution in [-0.2, 0) is 16.9 Å². The van der Waals surface area contributed by atoms with Crippen LogP contribution in [0.3, 0.4) is 0 Å². The molecule has 0 saturated carbocycles. The van der Waals surface area contributed by atoms with Gasteiger partial charge in [-0.05, 0) is 37.1 Å². The summed E-state index contributed by atoms with van der Waals surface area (Å²) in [6, 6.07) is 5.81. The lowest BCUT2D eigenvalue weighted by molar-refractivity contribution is 0.0746. The predicted octanol–water partition coefficient (Wildman–Crippen LogP) is 2.82. The molecule has 0 radical (unpaired) electrons. The zero-order valence-electron chi connectivity index (χ0n) is 8.67. The van der Waals surface area contributed by atoms with Gasteiger partial charge in [0, 0.05) is 11.6 Å². The van der Waals surface area contributed by atoms with Crippen LogP contribution in [-0.4, -0.2) is 12.2 Å². The van der Waals surface area contributed by atoms with Crippen molar-refractivity contribution in [2.24, 2.45) is 0 Å². The number of hydrogen-bond acceptors (Lipinski definition) is 2. The smallest absolute Gasteiger partial charge is 0.0844 e. The maximum Gasteiger partial charge on any atom is 0.0844 e. The van der Waals surface area contributed by atoms with E-state index in [4.69, 9.17) is 4.74 Å².